The Kier molecular flexibility index (Phi) is 9.55. The number of benzene rings is 1. The van der Waals surface area contributed by atoms with Crippen molar-refractivity contribution in [1.29, 1.82) is 0 Å². The molecular formula is C37H49FN8O5. The van der Waals surface area contributed by atoms with Crippen molar-refractivity contribution in [2.75, 3.05) is 50.7 Å². The van der Waals surface area contributed by atoms with E-state index in [1.807, 2.05) is 11.0 Å². The number of carbonyl (C=O) groups excluding carboxylic acids is 5. The first-order valence-electron chi connectivity index (χ1n) is 18.4. The molecule has 5 aliphatic heterocycles. The molecule has 6 N–H and O–H groups in total. The van der Waals surface area contributed by atoms with Gasteiger partial charge in [-0.05, 0) is 75.5 Å². The summed E-state index contributed by atoms with van der Waals surface area (Å²) in [6.07, 6.45) is 11.4. The van der Waals surface area contributed by atoms with E-state index in [9.17, 15) is 24.0 Å². The second-order valence-corrected chi connectivity index (χ2v) is 15.5. The molecule has 1 unspecified atom stereocenters. The Bertz CT molecular complexity index is 1650. The Balaban J connectivity index is 0.861. The zero-order chi connectivity index (χ0) is 35.9. The lowest BCUT2D eigenvalue weighted by Crippen LogP contribution is -2.61. The number of hydrogen-bond acceptors (Lipinski definition) is 10. The maximum atomic E-state index is 16.0. The molecule has 5 heterocycles. The number of piperidine rings is 3. The number of imide groups is 2. The highest BCUT2D eigenvalue weighted by atomic mass is 19.1. The summed E-state index contributed by atoms with van der Waals surface area (Å²) in [7, 11) is 0. The van der Waals surface area contributed by atoms with Crippen LogP contribution in [-0.2, 0) is 14.4 Å². The van der Waals surface area contributed by atoms with Crippen molar-refractivity contribution in [3.8, 4) is 0 Å². The van der Waals surface area contributed by atoms with Gasteiger partial charge in [0.2, 0.25) is 11.8 Å². The van der Waals surface area contributed by atoms with Crippen molar-refractivity contribution in [3.05, 3.63) is 53.0 Å². The van der Waals surface area contributed by atoms with Crippen LogP contribution < -0.4 is 27.0 Å². The second kappa shape index (κ2) is 13.9. The maximum Gasteiger partial charge on any atom is 0.267 e. The van der Waals surface area contributed by atoms with Crippen molar-refractivity contribution >= 4 is 35.2 Å². The van der Waals surface area contributed by atoms with Gasteiger partial charge in [-0.15, -0.1) is 0 Å². The van der Waals surface area contributed by atoms with Gasteiger partial charge in [-0.25, -0.2) is 4.39 Å². The molecule has 1 spiro atoms. The topological polar surface area (TPSA) is 174 Å². The number of allylic oxidation sites excluding steroid dienone is 2. The number of nitrogens with two attached hydrogens (primary N) is 2. The predicted molar refractivity (Wildman–Crippen MR) is 188 cm³/mol. The summed E-state index contributed by atoms with van der Waals surface area (Å²) in [5.41, 5.74) is 12.7. The number of nitrogens with one attached hydrogen (secondary N) is 2. The standard InChI is InChI=1S/C37H49FN8O5/c38-37(14-18-44(19-15-37)30(40)10-8-28(39)32(48)41-24-4-2-1-3-5-24)23-43-16-12-36(13-17-43)21-45(22-36)25-6-7-26-27(20-25)35(51)46(34(26)50)29-9-11-31(47)42-33(29)49/h6-8,10,20,24,29H,1-5,9,11-19,21-23,39-40H2,(H,41,48)(H,42,47,49)/b28-8-,30-10+. The van der Waals surface area contributed by atoms with Gasteiger partial charge in [0, 0.05) is 69.1 Å². The first kappa shape index (κ1) is 35.0. The Morgan fingerprint density at radius 2 is 1.59 bits per heavy atom. The number of amides is 5. The number of likely N-dealkylation sites (tertiary alicyclic amines) is 2. The van der Waals surface area contributed by atoms with Crippen LogP contribution in [0.2, 0.25) is 0 Å². The summed E-state index contributed by atoms with van der Waals surface area (Å²) in [4.78, 5) is 70.2. The highest BCUT2D eigenvalue weighted by Gasteiger charge is 2.48. The average molecular weight is 705 g/mol. The lowest BCUT2D eigenvalue weighted by atomic mass is 9.71. The molecule has 14 heteroatoms. The minimum atomic E-state index is -1.29. The van der Waals surface area contributed by atoms with Crippen LogP contribution in [0.4, 0.5) is 10.1 Å². The van der Waals surface area contributed by atoms with Gasteiger partial charge >= 0.3 is 0 Å². The largest absolute Gasteiger partial charge is 0.394 e. The van der Waals surface area contributed by atoms with E-state index in [0.717, 1.165) is 75.3 Å². The number of alkyl halides is 1. The van der Waals surface area contributed by atoms with E-state index in [4.69, 9.17) is 11.5 Å². The van der Waals surface area contributed by atoms with Crippen LogP contribution in [0.3, 0.4) is 0 Å². The SMILES string of the molecule is N/C(=C\C=C(/N)N1CCC(F)(CN2CCC3(CC2)CN(c2ccc4c(c2)C(=O)N(C2CCC(=O)NC2=O)C4=O)C3)CC1)C(=O)NC1CCCCC1. The lowest BCUT2D eigenvalue weighted by Gasteiger charge is -2.55. The lowest BCUT2D eigenvalue weighted by molar-refractivity contribution is -0.136. The van der Waals surface area contributed by atoms with Crippen LogP contribution >= 0.6 is 0 Å². The molecule has 0 aromatic heterocycles. The van der Waals surface area contributed by atoms with Crippen LogP contribution in [-0.4, -0.2) is 108 Å². The molecule has 0 bridgehead atoms. The molecule has 1 aromatic carbocycles. The summed E-state index contributed by atoms with van der Waals surface area (Å²) in [6, 6.07) is 4.43. The summed E-state index contributed by atoms with van der Waals surface area (Å²) in [5.74, 6) is -1.83. The molecule has 274 valence electrons. The Morgan fingerprint density at radius 1 is 0.902 bits per heavy atom. The van der Waals surface area contributed by atoms with Crippen molar-refractivity contribution in [1.82, 2.24) is 25.3 Å². The van der Waals surface area contributed by atoms with E-state index in [2.05, 4.69) is 20.4 Å². The molecule has 4 saturated heterocycles. The third-order valence-electron chi connectivity index (χ3n) is 11.9. The van der Waals surface area contributed by atoms with Gasteiger partial charge in [-0.1, -0.05) is 19.3 Å². The van der Waals surface area contributed by atoms with Crippen molar-refractivity contribution in [3.63, 3.8) is 0 Å². The van der Waals surface area contributed by atoms with E-state index >= 15 is 4.39 Å². The molecule has 51 heavy (non-hydrogen) atoms. The molecular weight excluding hydrogens is 655 g/mol. The molecule has 6 aliphatic rings. The average Bonchev–Trinajstić information content (AvgIpc) is 3.35. The number of fused-ring (bicyclic) bond motifs is 1. The minimum Gasteiger partial charge on any atom is -0.394 e. The van der Waals surface area contributed by atoms with Crippen LogP contribution in [0.25, 0.3) is 0 Å². The van der Waals surface area contributed by atoms with Crippen LogP contribution in [0.1, 0.15) is 91.3 Å². The fourth-order valence-electron chi connectivity index (χ4n) is 8.70. The molecule has 1 aromatic rings. The van der Waals surface area contributed by atoms with Gasteiger partial charge in [0.1, 0.15) is 11.7 Å². The van der Waals surface area contributed by atoms with Gasteiger partial charge in [0.15, 0.2) is 0 Å². The van der Waals surface area contributed by atoms with Gasteiger partial charge in [-0.3, -0.25) is 34.2 Å². The summed E-state index contributed by atoms with van der Waals surface area (Å²) in [6.45, 7) is 4.65. The van der Waals surface area contributed by atoms with Gasteiger partial charge in [-0.2, -0.15) is 0 Å². The fourth-order valence-corrected chi connectivity index (χ4v) is 8.70. The molecule has 0 radical (unpaired) electrons. The first-order chi connectivity index (χ1) is 24.4. The molecule has 13 nitrogen and oxygen atoms in total. The van der Waals surface area contributed by atoms with Gasteiger partial charge < -0.3 is 31.5 Å². The van der Waals surface area contributed by atoms with E-state index in [1.54, 1.807) is 24.3 Å². The quantitative estimate of drug-likeness (QED) is 0.178. The fraction of sp³-hybridized carbons (Fsp3) is 0.595. The Morgan fingerprint density at radius 3 is 2.27 bits per heavy atom. The highest BCUT2D eigenvalue weighted by Crippen LogP contribution is 2.44. The van der Waals surface area contributed by atoms with E-state index in [0.29, 0.717) is 38.3 Å². The van der Waals surface area contributed by atoms with E-state index in [1.165, 1.54) is 6.42 Å². The van der Waals surface area contributed by atoms with Gasteiger partial charge in [0.25, 0.3) is 17.7 Å². The predicted octanol–water partition coefficient (Wildman–Crippen LogP) is 1.89. The monoisotopic (exact) mass is 704 g/mol. The molecule has 5 fully saturated rings. The number of hydrogen-bond donors (Lipinski definition) is 4. The van der Waals surface area contributed by atoms with Crippen LogP contribution in [0.5, 0.6) is 0 Å². The van der Waals surface area contributed by atoms with Crippen LogP contribution in [0, 0.1) is 5.41 Å². The molecule has 5 amide bonds. The zero-order valence-electron chi connectivity index (χ0n) is 29.1. The molecule has 1 atom stereocenters. The van der Waals surface area contributed by atoms with Crippen molar-refractivity contribution < 1.29 is 28.4 Å². The molecule has 7 rings (SSSR count). The molecule has 1 aliphatic carbocycles. The Labute approximate surface area is 297 Å². The normalized spacial score (nSPS) is 25.9. The Hall–Kier alpha value is -4.46. The number of anilines is 1. The van der Waals surface area contributed by atoms with Crippen molar-refractivity contribution in [2.45, 2.75) is 88.4 Å². The number of nitrogens with zero attached hydrogens (tertiary/aromatic N) is 4. The van der Waals surface area contributed by atoms with Crippen LogP contribution in [0.15, 0.2) is 41.9 Å². The minimum absolute atomic E-state index is 0.0811. The van der Waals surface area contributed by atoms with Gasteiger partial charge in [0.05, 0.1) is 22.6 Å². The second-order valence-electron chi connectivity index (χ2n) is 15.5. The highest BCUT2D eigenvalue weighted by molar-refractivity contribution is 6.23. The number of halogens is 1. The van der Waals surface area contributed by atoms with E-state index < -0.39 is 35.3 Å². The maximum absolute atomic E-state index is 16.0. The summed E-state index contributed by atoms with van der Waals surface area (Å²) < 4.78 is 16.0. The zero-order valence-corrected chi connectivity index (χ0v) is 29.1. The third-order valence-corrected chi connectivity index (χ3v) is 11.9. The summed E-state index contributed by atoms with van der Waals surface area (Å²) >= 11 is 0. The first-order valence-corrected chi connectivity index (χ1v) is 18.4. The third kappa shape index (κ3) is 7.19. The number of carbonyl (C=O) groups is 5. The smallest absolute Gasteiger partial charge is 0.267 e. The molecule has 1 saturated carbocycles. The summed E-state index contributed by atoms with van der Waals surface area (Å²) in [5, 5.41) is 5.23. The van der Waals surface area contributed by atoms with E-state index in [-0.39, 0.29) is 47.0 Å². The van der Waals surface area contributed by atoms with Crippen molar-refractivity contribution in [2.24, 2.45) is 16.9 Å². The number of rotatable bonds is 8.